The van der Waals surface area contributed by atoms with E-state index < -0.39 is 0 Å². The molecule has 1 fully saturated rings. The van der Waals surface area contributed by atoms with E-state index >= 15 is 0 Å². The minimum atomic E-state index is -0.0722. The largest absolute Gasteiger partial charge is 0.383 e. The normalized spacial score (nSPS) is 19.2. The van der Waals surface area contributed by atoms with Crippen LogP contribution < -0.4 is 5.32 Å². The number of carbonyl (C=O) groups is 1. The number of ether oxygens (including phenoxy) is 1. The van der Waals surface area contributed by atoms with Gasteiger partial charge in [0.05, 0.1) is 19.2 Å². The first-order valence-electron chi connectivity index (χ1n) is 6.12. The highest BCUT2D eigenvalue weighted by Crippen LogP contribution is 2.17. The lowest BCUT2D eigenvalue weighted by atomic mass is 10.2. The summed E-state index contributed by atoms with van der Waals surface area (Å²) in [6.07, 6.45) is 2.03. The van der Waals surface area contributed by atoms with Crippen molar-refractivity contribution in [2.75, 3.05) is 20.3 Å². The van der Waals surface area contributed by atoms with Crippen LogP contribution in [0.4, 0.5) is 4.79 Å². The molecule has 1 saturated heterocycles. The van der Waals surface area contributed by atoms with Crippen LogP contribution >= 0.6 is 0 Å². The Kier molecular flexibility index (Phi) is 4.14. The number of aryl methyl sites for hydroxylation is 1. The van der Waals surface area contributed by atoms with E-state index in [1.54, 1.807) is 7.11 Å². The van der Waals surface area contributed by atoms with Gasteiger partial charge in [0.25, 0.3) is 0 Å². The SMILES string of the molecule is COC[C@@H]1CCCN1C(=O)NCc1n[nH]c(C)n1. The van der Waals surface area contributed by atoms with Crippen molar-refractivity contribution in [1.29, 1.82) is 0 Å². The summed E-state index contributed by atoms with van der Waals surface area (Å²) in [4.78, 5) is 18.0. The Balaban J connectivity index is 1.83. The fourth-order valence-electron chi connectivity index (χ4n) is 2.19. The fourth-order valence-corrected chi connectivity index (χ4v) is 2.19. The number of amides is 2. The Bertz CT molecular complexity index is 406. The maximum Gasteiger partial charge on any atom is 0.318 e. The van der Waals surface area contributed by atoms with Gasteiger partial charge in [0.15, 0.2) is 5.82 Å². The molecule has 1 aromatic heterocycles. The number of rotatable bonds is 4. The lowest BCUT2D eigenvalue weighted by molar-refractivity contribution is 0.123. The van der Waals surface area contributed by atoms with Crippen molar-refractivity contribution in [3.63, 3.8) is 0 Å². The maximum atomic E-state index is 12.0. The van der Waals surface area contributed by atoms with E-state index in [4.69, 9.17) is 4.74 Å². The minimum absolute atomic E-state index is 0.0722. The van der Waals surface area contributed by atoms with Crippen LogP contribution in [0.15, 0.2) is 0 Å². The molecule has 100 valence electrons. The Morgan fingerprint density at radius 1 is 1.67 bits per heavy atom. The van der Waals surface area contributed by atoms with Gasteiger partial charge in [-0.15, -0.1) is 0 Å². The van der Waals surface area contributed by atoms with Crippen LogP contribution in [0.5, 0.6) is 0 Å². The standard InChI is InChI=1S/C11H19N5O2/c1-8-13-10(15-14-8)6-12-11(17)16-5-3-4-9(16)7-18-2/h9H,3-7H2,1-2H3,(H,12,17)(H,13,14,15)/t9-/m0/s1. The first-order valence-corrected chi connectivity index (χ1v) is 6.12. The van der Waals surface area contributed by atoms with Gasteiger partial charge in [-0.3, -0.25) is 5.10 Å². The number of likely N-dealkylation sites (tertiary alicyclic amines) is 1. The van der Waals surface area contributed by atoms with Gasteiger partial charge in [0, 0.05) is 13.7 Å². The molecule has 0 aromatic carbocycles. The van der Waals surface area contributed by atoms with E-state index in [-0.39, 0.29) is 12.1 Å². The summed E-state index contributed by atoms with van der Waals surface area (Å²) >= 11 is 0. The van der Waals surface area contributed by atoms with Crippen LogP contribution in [0, 0.1) is 6.92 Å². The summed E-state index contributed by atoms with van der Waals surface area (Å²) in [5.74, 6) is 1.35. The molecule has 0 saturated carbocycles. The number of aromatic amines is 1. The Morgan fingerprint density at radius 2 is 2.50 bits per heavy atom. The number of hydrogen-bond acceptors (Lipinski definition) is 4. The van der Waals surface area contributed by atoms with Crippen molar-refractivity contribution in [3.8, 4) is 0 Å². The molecule has 0 aliphatic carbocycles. The van der Waals surface area contributed by atoms with Crippen LogP contribution in [0.3, 0.4) is 0 Å². The van der Waals surface area contributed by atoms with E-state index in [1.807, 2.05) is 11.8 Å². The van der Waals surface area contributed by atoms with Gasteiger partial charge in [-0.25, -0.2) is 9.78 Å². The molecule has 0 unspecified atom stereocenters. The zero-order chi connectivity index (χ0) is 13.0. The molecule has 7 heteroatoms. The van der Waals surface area contributed by atoms with Gasteiger partial charge < -0.3 is 15.0 Å². The van der Waals surface area contributed by atoms with Crippen molar-refractivity contribution in [3.05, 3.63) is 11.6 Å². The Morgan fingerprint density at radius 3 is 3.17 bits per heavy atom. The van der Waals surface area contributed by atoms with E-state index in [9.17, 15) is 4.79 Å². The van der Waals surface area contributed by atoms with Crippen LogP contribution in [-0.2, 0) is 11.3 Å². The average Bonchev–Trinajstić information content (AvgIpc) is 2.96. The predicted octanol–water partition coefficient (Wildman–Crippen LogP) is 0.434. The zero-order valence-corrected chi connectivity index (χ0v) is 10.8. The quantitative estimate of drug-likeness (QED) is 0.815. The molecular formula is C11H19N5O2. The first kappa shape index (κ1) is 12.8. The van der Waals surface area contributed by atoms with Crippen molar-refractivity contribution in [1.82, 2.24) is 25.4 Å². The molecular weight excluding hydrogens is 234 g/mol. The number of aromatic nitrogens is 3. The average molecular weight is 253 g/mol. The summed E-state index contributed by atoms with van der Waals surface area (Å²) in [5.41, 5.74) is 0. The van der Waals surface area contributed by atoms with Crippen molar-refractivity contribution >= 4 is 6.03 Å². The Labute approximate surface area is 106 Å². The zero-order valence-electron chi connectivity index (χ0n) is 10.8. The second-order valence-corrected chi connectivity index (χ2v) is 4.44. The van der Waals surface area contributed by atoms with Crippen LogP contribution in [0.1, 0.15) is 24.5 Å². The molecule has 0 bridgehead atoms. The summed E-state index contributed by atoms with van der Waals surface area (Å²) < 4.78 is 5.12. The molecule has 1 aliphatic rings. The highest BCUT2D eigenvalue weighted by molar-refractivity contribution is 5.74. The number of urea groups is 1. The number of methoxy groups -OCH3 is 1. The molecule has 2 N–H and O–H groups in total. The van der Waals surface area contributed by atoms with Gasteiger partial charge in [-0.1, -0.05) is 0 Å². The number of nitrogens with one attached hydrogen (secondary N) is 2. The molecule has 2 amide bonds. The monoisotopic (exact) mass is 253 g/mol. The molecule has 2 rings (SSSR count). The summed E-state index contributed by atoms with van der Waals surface area (Å²) in [6.45, 7) is 3.55. The topological polar surface area (TPSA) is 83.1 Å². The second kappa shape index (κ2) is 5.81. The van der Waals surface area contributed by atoms with Gasteiger partial charge >= 0.3 is 6.03 Å². The van der Waals surface area contributed by atoms with Crippen LogP contribution in [0.2, 0.25) is 0 Å². The van der Waals surface area contributed by atoms with Crippen molar-refractivity contribution in [2.24, 2.45) is 0 Å². The number of H-pyrrole nitrogens is 1. The number of nitrogens with zero attached hydrogens (tertiary/aromatic N) is 3. The van der Waals surface area contributed by atoms with Crippen molar-refractivity contribution in [2.45, 2.75) is 32.4 Å². The molecule has 1 aliphatic heterocycles. The van der Waals surface area contributed by atoms with Gasteiger partial charge in [0.2, 0.25) is 0 Å². The third-order valence-electron chi connectivity index (χ3n) is 3.04. The van der Waals surface area contributed by atoms with E-state index in [0.717, 1.165) is 25.2 Å². The number of hydrogen-bond donors (Lipinski definition) is 2. The molecule has 2 heterocycles. The maximum absolute atomic E-state index is 12.0. The Hall–Kier alpha value is -1.63. The lowest BCUT2D eigenvalue weighted by Crippen LogP contribution is -2.44. The van der Waals surface area contributed by atoms with E-state index in [1.165, 1.54) is 0 Å². The second-order valence-electron chi connectivity index (χ2n) is 4.44. The van der Waals surface area contributed by atoms with Crippen molar-refractivity contribution < 1.29 is 9.53 Å². The molecule has 0 spiro atoms. The lowest BCUT2D eigenvalue weighted by Gasteiger charge is -2.24. The smallest absolute Gasteiger partial charge is 0.318 e. The molecule has 1 aromatic rings. The van der Waals surface area contributed by atoms with Gasteiger partial charge in [-0.05, 0) is 19.8 Å². The molecule has 0 radical (unpaired) electrons. The highest BCUT2D eigenvalue weighted by Gasteiger charge is 2.28. The molecule has 7 nitrogen and oxygen atoms in total. The predicted molar refractivity (Wildman–Crippen MR) is 65.0 cm³/mol. The third kappa shape index (κ3) is 2.98. The summed E-state index contributed by atoms with van der Waals surface area (Å²) in [5, 5.41) is 9.55. The third-order valence-corrected chi connectivity index (χ3v) is 3.04. The molecule has 1 atom stereocenters. The molecule has 18 heavy (non-hydrogen) atoms. The fraction of sp³-hybridized carbons (Fsp3) is 0.727. The first-order chi connectivity index (χ1) is 8.70. The van der Waals surface area contributed by atoms with Gasteiger partial charge in [-0.2, -0.15) is 5.10 Å². The number of carbonyl (C=O) groups excluding carboxylic acids is 1. The summed E-state index contributed by atoms with van der Waals surface area (Å²) in [7, 11) is 1.66. The van der Waals surface area contributed by atoms with E-state index in [0.29, 0.717) is 19.0 Å². The summed E-state index contributed by atoms with van der Waals surface area (Å²) in [6, 6.07) is 0.112. The van der Waals surface area contributed by atoms with E-state index in [2.05, 4.69) is 20.5 Å². The van der Waals surface area contributed by atoms with Gasteiger partial charge in [0.1, 0.15) is 5.82 Å². The highest BCUT2D eigenvalue weighted by atomic mass is 16.5. The van der Waals surface area contributed by atoms with Crippen LogP contribution in [-0.4, -0.2) is 52.4 Å². The minimum Gasteiger partial charge on any atom is -0.383 e. The van der Waals surface area contributed by atoms with Crippen LogP contribution in [0.25, 0.3) is 0 Å².